The summed E-state index contributed by atoms with van der Waals surface area (Å²) in [4.78, 5) is 23.3. The Morgan fingerprint density at radius 2 is 2.17 bits per heavy atom. The van der Waals surface area contributed by atoms with Gasteiger partial charge in [-0.2, -0.15) is 0 Å². The van der Waals surface area contributed by atoms with Gasteiger partial charge in [-0.1, -0.05) is 0 Å². The fourth-order valence-corrected chi connectivity index (χ4v) is 0.937. The third kappa shape index (κ3) is 1.29. The van der Waals surface area contributed by atoms with Gasteiger partial charge >= 0.3 is 5.97 Å². The number of carbonyl (C=O) groups is 1. The molecule has 0 fully saturated rings. The zero-order chi connectivity index (χ0) is 9.30. The SMILES string of the molecule is Cc1cc(O)[nH]c(=O)c1C(=O)O. The van der Waals surface area contributed by atoms with E-state index in [4.69, 9.17) is 10.2 Å². The van der Waals surface area contributed by atoms with Crippen molar-refractivity contribution in [3.8, 4) is 5.88 Å². The maximum atomic E-state index is 10.9. The Labute approximate surface area is 67.3 Å². The van der Waals surface area contributed by atoms with Gasteiger partial charge in [-0.25, -0.2) is 4.79 Å². The summed E-state index contributed by atoms with van der Waals surface area (Å²) in [7, 11) is 0. The first-order valence-corrected chi connectivity index (χ1v) is 3.18. The van der Waals surface area contributed by atoms with Crippen LogP contribution in [-0.2, 0) is 0 Å². The highest BCUT2D eigenvalue weighted by molar-refractivity contribution is 5.88. The number of aromatic carboxylic acids is 1. The van der Waals surface area contributed by atoms with Gasteiger partial charge in [0.2, 0.25) is 0 Å². The van der Waals surface area contributed by atoms with Gasteiger partial charge in [0.15, 0.2) is 5.88 Å². The van der Waals surface area contributed by atoms with Crippen LogP contribution >= 0.6 is 0 Å². The summed E-state index contributed by atoms with van der Waals surface area (Å²) >= 11 is 0. The van der Waals surface area contributed by atoms with E-state index < -0.39 is 11.5 Å². The highest BCUT2D eigenvalue weighted by Crippen LogP contribution is 2.07. The maximum Gasteiger partial charge on any atom is 0.341 e. The largest absolute Gasteiger partial charge is 0.495 e. The molecule has 0 spiro atoms. The van der Waals surface area contributed by atoms with Gasteiger partial charge in [-0.15, -0.1) is 0 Å². The quantitative estimate of drug-likeness (QED) is 0.555. The Morgan fingerprint density at radius 1 is 1.58 bits per heavy atom. The number of hydrogen-bond acceptors (Lipinski definition) is 3. The number of carboxylic acid groups (broad SMARTS) is 1. The number of aryl methyl sites for hydroxylation is 1. The van der Waals surface area contributed by atoms with Crippen LogP contribution in [0.15, 0.2) is 10.9 Å². The summed E-state index contributed by atoms with van der Waals surface area (Å²) in [5.74, 6) is -1.63. The monoisotopic (exact) mass is 169 g/mol. The Bertz CT molecular complexity index is 379. The standard InChI is InChI=1S/C7H7NO4/c1-3-2-4(9)8-6(10)5(3)7(11)12/h2H,1H3,(H,11,12)(H2,8,9,10). The van der Waals surface area contributed by atoms with E-state index in [9.17, 15) is 9.59 Å². The van der Waals surface area contributed by atoms with E-state index in [0.717, 1.165) is 0 Å². The van der Waals surface area contributed by atoms with Crippen molar-refractivity contribution in [2.24, 2.45) is 0 Å². The van der Waals surface area contributed by atoms with Crippen LogP contribution in [0.25, 0.3) is 0 Å². The second-order valence-corrected chi connectivity index (χ2v) is 2.35. The lowest BCUT2D eigenvalue weighted by molar-refractivity contribution is 0.0694. The van der Waals surface area contributed by atoms with Crippen molar-refractivity contribution in [1.82, 2.24) is 4.98 Å². The van der Waals surface area contributed by atoms with Crippen molar-refractivity contribution in [3.63, 3.8) is 0 Å². The summed E-state index contributed by atoms with van der Waals surface area (Å²) in [6.07, 6.45) is 0. The molecule has 0 saturated carbocycles. The molecule has 0 saturated heterocycles. The third-order valence-electron chi connectivity index (χ3n) is 1.43. The first-order chi connectivity index (χ1) is 5.52. The second kappa shape index (κ2) is 2.69. The van der Waals surface area contributed by atoms with Crippen molar-refractivity contribution in [3.05, 3.63) is 27.5 Å². The number of aromatic nitrogens is 1. The molecule has 64 valence electrons. The number of carboxylic acids is 1. The van der Waals surface area contributed by atoms with E-state index in [1.54, 1.807) is 0 Å². The summed E-state index contributed by atoms with van der Waals surface area (Å²) in [5, 5.41) is 17.4. The van der Waals surface area contributed by atoms with Crippen molar-refractivity contribution < 1.29 is 15.0 Å². The van der Waals surface area contributed by atoms with Crippen LogP contribution in [0.5, 0.6) is 5.88 Å². The molecule has 0 bridgehead atoms. The highest BCUT2D eigenvalue weighted by Gasteiger charge is 2.12. The predicted molar refractivity (Wildman–Crippen MR) is 40.4 cm³/mol. The van der Waals surface area contributed by atoms with Crippen LogP contribution in [0.1, 0.15) is 15.9 Å². The molecule has 1 aromatic rings. The van der Waals surface area contributed by atoms with E-state index in [0.29, 0.717) is 0 Å². The van der Waals surface area contributed by atoms with E-state index in [1.165, 1.54) is 13.0 Å². The zero-order valence-corrected chi connectivity index (χ0v) is 6.29. The van der Waals surface area contributed by atoms with Gasteiger partial charge in [-0.05, 0) is 12.5 Å². The van der Waals surface area contributed by atoms with Crippen LogP contribution in [0, 0.1) is 6.92 Å². The summed E-state index contributed by atoms with van der Waals surface area (Å²) in [6.45, 7) is 1.44. The molecular formula is C7H7NO4. The molecule has 12 heavy (non-hydrogen) atoms. The molecule has 5 nitrogen and oxygen atoms in total. The molecule has 0 amide bonds. The van der Waals surface area contributed by atoms with Gasteiger partial charge in [0, 0.05) is 6.07 Å². The minimum atomic E-state index is -1.30. The lowest BCUT2D eigenvalue weighted by Crippen LogP contribution is -2.18. The van der Waals surface area contributed by atoms with Crippen LogP contribution in [0.2, 0.25) is 0 Å². The van der Waals surface area contributed by atoms with Crippen molar-refractivity contribution in [2.45, 2.75) is 6.92 Å². The lowest BCUT2D eigenvalue weighted by atomic mass is 10.1. The molecule has 0 unspecified atom stereocenters. The molecule has 0 aliphatic rings. The maximum absolute atomic E-state index is 10.9. The van der Waals surface area contributed by atoms with Crippen LogP contribution in [0.3, 0.4) is 0 Å². The Hall–Kier alpha value is -1.78. The number of aromatic amines is 1. The van der Waals surface area contributed by atoms with E-state index in [-0.39, 0.29) is 17.0 Å². The molecule has 5 heteroatoms. The number of pyridine rings is 1. The van der Waals surface area contributed by atoms with Gasteiger partial charge in [0.25, 0.3) is 5.56 Å². The molecule has 1 heterocycles. The fourth-order valence-electron chi connectivity index (χ4n) is 0.937. The molecule has 3 N–H and O–H groups in total. The average molecular weight is 169 g/mol. The highest BCUT2D eigenvalue weighted by atomic mass is 16.4. The number of H-pyrrole nitrogens is 1. The Balaban J connectivity index is 3.49. The number of aromatic hydroxyl groups is 1. The molecule has 1 aromatic heterocycles. The summed E-state index contributed by atoms with van der Waals surface area (Å²) in [6, 6.07) is 1.19. The number of nitrogens with one attached hydrogen (secondary N) is 1. The van der Waals surface area contributed by atoms with Gasteiger partial charge < -0.3 is 10.2 Å². The zero-order valence-electron chi connectivity index (χ0n) is 6.29. The first-order valence-electron chi connectivity index (χ1n) is 3.18. The lowest BCUT2D eigenvalue weighted by Gasteiger charge is -1.98. The van der Waals surface area contributed by atoms with Crippen molar-refractivity contribution in [2.75, 3.05) is 0 Å². The molecule has 1 rings (SSSR count). The van der Waals surface area contributed by atoms with Gasteiger partial charge in [-0.3, -0.25) is 9.78 Å². The molecular weight excluding hydrogens is 162 g/mol. The topological polar surface area (TPSA) is 90.4 Å². The van der Waals surface area contributed by atoms with Crippen molar-refractivity contribution >= 4 is 5.97 Å². The van der Waals surface area contributed by atoms with E-state index >= 15 is 0 Å². The third-order valence-corrected chi connectivity index (χ3v) is 1.43. The van der Waals surface area contributed by atoms with Gasteiger partial charge in [0.05, 0.1) is 0 Å². The first kappa shape index (κ1) is 8.32. The van der Waals surface area contributed by atoms with E-state index in [2.05, 4.69) is 0 Å². The summed E-state index contributed by atoms with van der Waals surface area (Å²) in [5.41, 5.74) is -0.892. The molecule has 0 aromatic carbocycles. The predicted octanol–water partition coefficient (Wildman–Crippen LogP) is 0.0871. The second-order valence-electron chi connectivity index (χ2n) is 2.35. The Morgan fingerprint density at radius 3 is 2.58 bits per heavy atom. The average Bonchev–Trinajstić information content (AvgIpc) is 1.82. The normalized spacial score (nSPS) is 9.75. The molecule has 0 radical (unpaired) electrons. The number of hydrogen-bond donors (Lipinski definition) is 3. The molecule has 0 atom stereocenters. The van der Waals surface area contributed by atoms with Crippen LogP contribution in [0.4, 0.5) is 0 Å². The Kier molecular flexibility index (Phi) is 1.86. The van der Waals surface area contributed by atoms with Crippen LogP contribution < -0.4 is 5.56 Å². The van der Waals surface area contributed by atoms with Crippen molar-refractivity contribution in [1.29, 1.82) is 0 Å². The minimum Gasteiger partial charge on any atom is -0.495 e. The van der Waals surface area contributed by atoms with Gasteiger partial charge in [0.1, 0.15) is 5.56 Å². The smallest absolute Gasteiger partial charge is 0.341 e. The molecule has 0 aliphatic carbocycles. The van der Waals surface area contributed by atoms with Crippen LogP contribution in [-0.4, -0.2) is 21.2 Å². The fraction of sp³-hybridized carbons (Fsp3) is 0.143. The summed E-state index contributed by atoms with van der Waals surface area (Å²) < 4.78 is 0. The minimum absolute atomic E-state index is 0.240. The number of rotatable bonds is 1. The molecule has 0 aliphatic heterocycles. The van der Waals surface area contributed by atoms with E-state index in [1.807, 2.05) is 4.98 Å².